The maximum Gasteiger partial charge on any atom is 0.246 e. The van der Waals surface area contributed by atoms with Gasteiger partial charge >= 0.3 is 0 Å². The van der Waals surface area contributed by atoms with Gasteiger partial charge in [-0.05, 0) is 62.6 Å². The molecule has 3 N–H and O–H groups in total. The molecule has 3 rings (SSSR count). The summed E-state index contributed by atoms with van der Waals surface area (Å²) in [6.45, 7) is 2.71. The molecule has 0 unspecified atom stereocenters. The second-order valence-electron chi connectivity index (χ2n) is 13.4. The van der Waals surface area contributed by atoms with Crippen molar-refractivity contribution < 1.29 is 28.5 Å². The van der Waals surface area contributed by atoms with Gasteiger partial charge in [0.05, 0.1) is 67.3 Å². The number of nitrogens with zero attached hydrogens (tertiary/aromatic N) is 3. The average molecular weight is 546 g/mol. The molecular formula is C30H51N5O4+2. The third kappa shape index (κ3) is 8.93. The third-order valence-electron chi connectivity index (χ3n) is 7.86. The zero-order valence-corrected chi connectivity index (χ0v) is 24.9. The first kappa shape index (κ1) is 30.9. The molecule has 1 aromatic rings. The Morgan fingerprint density at radius 2 is 1.51 bits per heavy atom. The second kappa shape index (κ2) is 13.1. The lowest BCUT2D eigenvalue weighted by Crippen LogP contribution is -2.61. The Hall–Kier alpha value is -2.65. The van der Waals surface area contributed by atoms with Crippen molar-refractivity contribution in [3.05, 3.63) is 29.8 Å². The van der Waals surface area contributed by atoms with Gasteiger partial charge in [0.25, 0.3) is 0 Å². The molecule has 3 amide bonds. The molecule has 0 radical (unpaired) electrons. The van der Waals surface area contributed by atoms with Crippen LogP contribution in [-0.2, 0) is 14.4 Å². The van der Waals surface area contributed by atoms with Crippen molar-refractivity contribution in [2.24, 2.45) is 5.92 Å². The largest absolute Gasteiger partial charge is 0.508 e. The Labute approximate surface area is 234 Å². The van der Waals surface area contributed by atoms with Gasteiger partial charge < -0.3 is 29.6 Å². The summed E-state index contributed by atoms with van der Waals surface area (Å²) in [6, 6.07) is 4.89. The molecule has 2 fully saturated rings. The molecule has 9 heteroatoms. The number of phenols is 1. The van der Waals surface area contributed by atoms with E-state index in [0.29, 0.717) is 19.4 Å². The fourth-order valence-corrected chi connectivity index (χ4v) is 5.76. The Morgan fingerprint density at radius 1 is 0.923 bits per heavy atom. The van der Waals surface area contributed by atoms with Crippen LogP contribution in [0.1, 0.15) is 63.0 Å². The van der Waals surface area contributed by atoms with Crippen LogP contribution in [0.5, 0.6) is 5.75 Å². The van der Waals surface area contributed by atoms with Crippen LogP contribution in [0.15, 0.2) is 24.3 Å². The highest BCUT2D eigenvalue weighted by Crippen LogP contribution is 2.43. The molecule has 218 valence electrons. The molecule has 0 aromatic heterocycles. The van der Waals surface area contributed by atoms with Crippen LogP contribution in [-0.4, -0.2) is 111 Å². The summed E-state index contributed by atoms with van der Waals surface area (Å²) in [7, 11) is 13.0. The molecule has 2 aliphatic heterocycles. The van der Waals surface area contributed by atoms with E-state index >= 15 is 0 Å². The number of hydrogen-bond acceptors (Lipinski definition) is 4. The second-order valence-corrected chi connectivity index (χ2v) is 13.4. The Kier molecular flexibility index (Phi) is 10.4. The lowest BCUT2D eigenvalue weighted by molar-refractivity contribution is -0.870. The summed E-state index contributed by atoms with van der Waals surface area (Å²) in [5.41, 5.74) is 0.766. The fourth-order valence-electron chi connectivity index (χ4n) is 5.76. The summed E-state index contributed by atoms with van der Waals surface area (Å²) in [5, 5.41) is 15.9. The smallest absolute Gasteiger partial charge is 0.246 e. The van der Waals surface area contributed by atoms with E-state index in [-0.39, 0.29) is 23.5 Å². The molecule has 9 nitrogen and oxygen atoms in total. The number of benzene rings is 1. The van der Waals surface area contributed by atoms with E-state index in [1.54, 1.807) is 29.2 Å². The van der Waals surface area contributed by atoms with Gasteiger partial charge in [-0.2, -0.15) is 0 Å². The highest BCUT2D eigenvalue weighted by atomic mass is 16.3. The summed E-state index contributed by atoms with van der Waals surface area (Å²) < 4.78 is 1.81. The van der Waals surface area contributed by atoms with Gasteiger partial charge in [-0.1, -0.05) is 18.6 Å². The molecule has 0 bridgehead atoms. The minimum Gasteiger partial charge on any atom is -0.508 e. The zero-order chi connectivity index (χ0) is 28.8. The van der Waals surface area contributed by atoms with Crippen LogP contribution in [0.4, 0.5) is 0 Å². The predicted molar refractivity (Wildman–Crippen MR) is 153 cm³/mol. The number of carbonyl (C=O) groups is 3. The molecule has 2 heterocycles. The first-order valence-electron chi connectivity index (χ1n) is 14.6. The van der Waals surface area contributed by atoms with Crippen molar-refractivity contribution in [3.63, 3.8) is 0 Å². The van der Waals surface area contributed by atoms with Crippen molar-refractivity contribution in [2.75, 3.05) is 61.9 Å². The SMILES string of the molecule is C[N+](C)(C)CCCCCCNC(=O)[C@H]1C[C@H]2C(=O)N[C@@H](CCCC[N+](C)(C)C)C(=O)N2[C@H]1c1ccc(O)cc1. The van der Waals surface area contributed by atoms with Crippen LogP contribution in [0, 0.1) is 5.92 Å². The number of carbonyl (C=O) groups excluding carboxylic acids is 3. The zero-order valence-electron chi connectivity index (χ0n) is 24.9. The molecular weight excluding hydrogens is 494 g/mol. The number of fused-ring (bicyclic) bond motifs is 1. The number of nitrogens with one attached hydrogen (secondary N) is 2. The molecule has 1 aromatic carbocycles. The van der Waals surface area contributed by atoms with E-state index < -0.39 is 24.0 Å². The number of phenolic OH excluding ortho intramolecular Hbond substituents is 1. The maximum absolute atomic E-state index is 13.7. The van der Waals surface area contributed by atoms with Gasteiger partial charge in [0, 0.05) is 6.54 Å². The van der Waals surface area contributed by atoms with Gasteiger partial charge in [-0.3, -0.25) is 14.4 Å². The predicted octanol–water partition coefficient (Wildman–Crippen LogP) is 2.41. The topological polar surface area (TPSA) is 98.7 Å². The molecule has 2 aliphatic rings. The highest BCUT2D eigenvalue weighted by Gasteiger charge is 2.54. The van der Waals surface area contributed by atoms with E-state index in [2.05, 4.69) is 52.9 Å². The average Bonchev–Trinajstić information content (AvgIpc) is 3.25. The normalized spacial score (nSPS) is 23.5. The van der Waals surface area contributed by atoms with E-state index in [1.165, 1.54) is 0 Å². The number of aromatic hydroxyl groups is 1. The van der Waals surface area contributed by atoms with E-state index in [9.17, 15) is 19.5 Å². The van der Waals surface area contributed by atoms with Gasteiger partial charge in [0.1, 0.15) is 17.8 Å². The lowest BCUT2D eigenvalue weighted by atomic mass is 9.92. The van der Waals surface area contributed by atoms with E-state index in [0.717, 1.165) is 66.1 Å². The Morgan fingerprint density at radius 3 is 2.13 bits per heavy atom. The summed E-state index contributed by atoms with van der Waals surface area (Å²) in [6.07, 6.45) is 6.94. The van der Waals surface area contributed by atoms with Gasteiger partial charge in [0.2, 0.25) is 17.7 Å². The van der Waals surface area contributed by atoms with Gasteiger partial charge in [-0.25, -0.2) is 0 Å². The Balaban J connectivity index is 1.66. The number of unbranched alkanes of at least 4 members (excludes halogenated alkanes) is 4. The van der Waals surface area contributed by atoms with Crippen LogP contribution < -0.4 is 10.6 Å². The summed E-state index contributed by atoms with van der Waals surface area (Å²) >= 11 is 0. The van der Waals surface area contributed by atoms with Crippen molar-refractivity contribution in [1.29, 1.82) is 0 Å². The van der Waals surface area contributed by atoms with Gasteiger partial charge in [-0.15, -0.1) is 0 Å². The minimum absolute atomic E-state index is 0.115. The van der Waals surface area contributed by atoms with Crippen LogP contribution in [0.2, 0.25) is 0 Å². The van der Waals surface area contributed by atoms with Crippen LogP contribution in [0.25, 0.3) is 0 Å². The molecule has 39 heavy (non-hydrogen) atoms. The number of piperazine rings is 1. The van der Waals surface area contributed by atoms with Crippen LogP contribution in [0.3, 0.4) is 0 Å². The maximum atomic E-state index is 13.7. The Bertz CT molecular complexity index is 983. The van der Waals surface area contributed by atoms with Crippen LogP contribution >= 0.6 is 0 Å². The fraction of sp³-hybridized carbons (Fsp3) is 0.700. The first-order chi connectivity index (χ1) is 18.3. The first-order valence-corrected chi connectivity index (χ1v) is 14.6. The minimum atomic E-state index is -0.662. The van der Waals surface area contributed by atoms with E-state index in [4.69, 9.17) is 0 Å². The van der Waals surface area contributed by atoms with Crippen molar-refractivity contribution in [2.45, 2.75) is 69.5 Å². The molecule has 0 saturated carbocycles. The third-order valence-corrected chi connectivity index (χ3v) is 7.86. The summed E-state index contributed by atoms with van der Waals surface area (Å²) in [4.78, 5) is 42.0. The van der Waals surface area contributed by atoms with Gasteiger partial charge in [0.15, 0.2) is 0 Å². The molecule has 0 spiro atoms. The standard InChI is InChI=1S/C30H49N5O4/c1-34(2,3)19-11-8-7-10-18-31-28(37)24-21-26-29(38)32-25(13-9-12-20-35(4,5)6)30(39)33(26)27(24)22-14-16-23(36)17-15-22/h14-17,24-27H,7-13,18-21H2,1-6H3,(H-2,31,32,36,37,38)/p+2/t24-,25-,26-,27-/m0/s1. The molecule has 0 aliphatic carbocycles. The van der Waals surface area contributed by atoms with Crippen molar-refractivity contribution in [1.82, 2.24) is 15.5 Å². The highest BCUT2D eigenvalue weighted by molar-refractivity contribution is 5.99. The monoisotopic (exact) mass is 545 g/mol. The number of quaternary nitrogens is 2. The summed E-state index contributed by atoms with van der Waals surface area (Å²) in [5.74, 6) is -0.811. The number of amides is 3. The molecule has 2 saturated heterocycles. The quantitative estimate of drug-likeness (QED) is 0.247. The van der Waals surface area contributed by atoms with Crippen molar-refractivity contribution >= 4 is 17.7 Å². The molecule has 4 atom stereocenters. The van der Waals surface area contributed by atoms with Crippen molar-refractivity contribution in [3.8, 4) is 5.75 Å². The van der Waals surface area contributed by atoms with E-state index in [1.807, 2.05) is 0 Å². The number of hydrogen-bond donors (Lipinski definition) is 3. The lowest BCUT2D eigenvalue weighted by Gasteiger charge is -2.38. The number of rotatable bonds is 14.